The van der Waals surface area contributed by atoms with Gasteiger partial charge >= 0.3 is 0 Å². The van der Waals surface area contributed by atoms with Gasteiger partial charge in [-0.05, 0) is 48.2 Å². The highest BCUT2D eigenvalue weighted by molar-refractivity contribution is 5.87. The summed E-state index contributed by atoms with van der Waals surface area (Å²) in [6.07, 6.45) is 2.42. The first-order valence-electron chi connectivity index (χ1n) is 11.3. The van der Waals surface area contributed by atoms with Crippen molar-refractivity contribution in [3.63, 3.8) is 0 Å². The number of halogens is 1. The van der Waals surface area contributed by atoms with E-state index in [-0.39, 0.29) is 17.6 Å². The van der Waals surface area contributed by atoms with Gasteiger partial charge in [0.1, 0.15) is 5.82 Å². The molecule has 4 aromatic rings. The molecule has 0 saturated carbocycles. The molecule has 2 aromatic heterocycles. The van der Waals surface area contributed by atoms with E-state index < -0.39 is 0 Å². The van der Waals surface area contributed by atoms with Crippen molar-refractivity contribution in [2.45, 2.75) is 31.7 Å². The van der Waals surface area contributed by atoms with E-state index in [1.807, 2.05) is 47.4 Å². The number of likely N-dealkylation sites (tertiary alicyclic amines) is 1. The van der Waals surface area contributed by atoms with E-state index in [0.29, 0.717) is 19.5 Å². The zero-order valence-corrected chi connectivity index (χ0v) is 18.3. The number of nitrogens with zero attached hydrogens (tertiary/aromatic N) is 3. The van der Waals surface area contributed by atoms with Gasteiger partial charge in [0.25, 0.3) is 0 Å². The quantitative estimate of drug-likeness (QED) is 0.455. The Balaban J connectivity index is 1.25. The number of anilines is 1. The van der Waals surface area contributed by atoms with Crippen molar-refractivity contribution >= 4 is 22.8 Å². The lowest BCUT2D eigenvalue weighted by Crippen LogP contribution is -2.40. The van der Waals surface area contributed by atoms with Crippen LogP contribution in [0.4, 0.5) is 10.2 Å². The fourth-order valence-electron chi connectivity index (χ4n) is 4.40. The molecule has 0 aliphatic carbocycles. The maximum absolute atomic E-state index is 13.1. The molecule has 1 aliphatic rings. The second kappa shape index (κ2) is 9.40. The first-order chi connectivity index (χ1) is 16.2. The van der Waals surface area contributed by atoms with Gasteiger partial charge in [0.2, 0.25) is 5.91 Å². The highest BCUT2D eigenvalue weighted by Crippen LogP contribution is 2.29. The molecular weight excluding hydrogens is 417 g/mol. The third kappa shape index (κ3) is 4.87. The lowest BCUT2D eigenvalue weighted by atomic mass is 9.93. The fourth-order valence-corrected chi connectivity index (χ4v) is 4.40. The van der Waals surface area contributed by atoms with E-state index in [4.69, 9.17) is 4.98 Å². The van der Waals surface area contributed by atoms with Gasteiger partial charge in [-0.25, -0.2) is 9.37 Å². The molecule has 7 heteroatoms. The third-order valence-corrected chi connectivity index (χ3v) is 6.21. The summed E-state index contributed by atoms with van der Waals surface area (Å²) < 4.78 is 13.1. The van der Waals surface area contributed by atoms with E-state index in [1.54, 1.807) is 12.1 Å². The number of fused-ring (bicyclic) bond motifs is 1. The zero-order valence-electron chi connectivity index (χ0n) is 18.3. The molecule has 1 amide bonds. The van der Waals surface area contributed by atoms with E-state index in [2.05, 4.69) is 15.5 Å². The van der Waals surface area contributed by atoms with Gasteiger partial charge in [-0.2, -0.15) is 5.10 Å². The summed E-state index contributed by atoms with van der Waals surface area (Å²) in [5.41, 5.74) is 3.72. The van der Waals surface area contributed by atoms with Crippen molar-refractivity contribution in [3.8, 4) is 0 Å². The summed E-state index contributed by atoms with van der Waals surface area (Å²) in [5.74, 6) is 0.850. The van der Waals surface area contributed by atoms with Gasteiger partial charge in [-0.3, -0.25) is 9.89 Å². The molecule has 2 aromatic carbocycles. The molecule has 0 radical (unpaired) electrons. The van der Waals surface area contributed by atoms with Gasteiger partial charge < -0.3 is 10.2 Å². The van der Waals surface area contributed by atoms with E-state index in [0.717, 1.165) is 53.1 Å². The predicted octanol–water partition coefficient (Wildman–Crippen LogP) is 4.66. The number of H-pyrrole nitrogens is 1. The number of piperidine rings is 1. The molecule has 1 aliphatic heterocycles. The topological polar surface area (TPSA) is 73.9 Å². The third-order valence-electron chi connectivity index (χ3n) is 6.21. The summed E-state index contributed by atoms with van der Waals surface area (Å²) >= 11 is 0. The van der Waals surface area contributed by atoms with Crippen molar-refractivity contribution in [2.75, 3.05) is 18.4 Å². The number of nitrogens with one attached hydrogen (secondary N) is 2. The molecule has 1 atom stereocenters. The predicted molar refractivity (Wildman–Crippen MR) is 126 cm³/mol. The number of amides is 1. The molecule has 0 unspecified atom stereocenters. The summed E-state index contributed by atoms with van der Waals surface area (Å²) in [6.45, 7) is 2.03. The van der Waals surface area contributed by atoms with Gasteiger partial charge in [0, 0.05) is 31.2 Å². The molecule has 168 valence electrons. The number of pyridine rings is 1. The van der Waals surface area contributed by atoms with E-state index in [1.165, 1.54) is 12.1 Å². The maximum Gasteiger partial charge on any atom is 0.227 e. The zero-order chi connectivity index (χ0) is 22.6. The average molecular weight is 444 g/mol. The van der Waals surface area contributed by atoms with Gasteiger partial charge in [-0.15, -0.1) is 0 Å². The molecule has 5 rings (SSSR count). The summed E-state index contributed by atoms with van der Waals surface area (Å²) in [5, 5.41) is 11.6. The van der Waals surface area contributed by atoms with Gasteiger partial charge in [0.15, 0.2) is 11.5 Å². The molecule has 0 bridgehead atoms. The average Bonchev–Trinajstić information content (AvgIpc) is 3.26. The molecule has 1 saturated heterocycles. The van der Waals surface area contributed by atoms with Crippen LogP contribution in [0, 0.1) is 5.82 Å². The number of hydrogen-bond acceptors (Lipinski definition) is 4. The normalized spacial score (nSPS) is 16.2. The van der Waals surface area contributed by atoms with Crippen LogP contribution in [0.25, 0.3) is 11.0 Å². The number of carbonyl (C=O) groups excluding carboxylic acids is 1. The van der Waals surface area contributed by atoms with Crippen LogP contribution in [0.5, 0.6) is 0 Å². The number of rotatable bonds is 6. The van der Waals surface area contributed by atoms with Crippen LogP contribution in [-0.4, -0.2) is 39.1 Å². The monoisotopic (exact) mass is 443 g/mol. The summed E-state index contributed by atoms with van der Waals surface area (Å²) in [4.78, 5) is 19.6. The molecule has 0 spiro atoms. The number of aromatic amines is 1. The second-order valence-corrected chi connectivity index (χ2v) is 8.53. The van der Waals surface area contributed by atoms with Crippen LogP contribution in [0.3, 0.4) is 0 Å². The van der Waals surface area contributed by atoms with Crippen LogP contribution in [-0.2, 0) is 17.8 Å². The van der Waals surface area contributed by atoms with Crippen LogP contribution in [0.1, 0.15) is 35.6 Å². The SMILES string of the molecule is O=C(Cc1ccccc1)N1CCC[C@H](c2ccc3c(NCc4ccc(F)cc4)n[nH]c3n2)C1. The Morgan fingerprint density at radius 1 is 1.06 bits per heavy atom. The Bertz CT molecular complexity index is 1240. The van der Waals surface area contributed by atoms with Crippen LogP contribution in [0.2, 0.25) is 0 Å². The minimum Gasteiger partial charge on any atom is -0.364 e. The summed E-state index contributed by atoms with van der Waals surface area (Å²) in [6, 6.07) is 20.4. The largest absolute Gasteiger partial charge is 0.364 e. The second-order valence-electron chi connectivity index (χ2n) is 8.53. The van der Waals surface area contributed by atoms with Gasteiger partial charge in [0.05, 0.1) is 11.8 Å². The van der Waals surface area contributed by atoms with Crippen molar-refractivity contribution in [3.05, 3.63) is 89.4 Å². The Hall–Kier alpha value is -3.74. The molecule has 3 heterocycles. The fraction of sp³-hybridized carbons (Fsp3) is 0.269. The number of hydrogen-bond donors (Lipinski definition) is 2. The lowest BCUT2D eigenvalue weighted by molar-refractivity contribution is -0.131. The van der Waals surface area contributed by atoms with Crippen molar-refractivity contribution in [1.82, 2.24) is 20.1 Å². The maximum atomic E-state index is 13.1. The molecular formula is C26H26FN5O. The highest BCUT2D eigenvalue weighted by atomic mass is 19.1. The molecule has 2 N–H and O–H groups in total. The highest BCUT2D eigenvalue weighted by Gasteiger charge is 2.26. The Morgan fingerprint density at radius 3 is 2.70 bits per heavy atom. The smallest absolute Gasteiger partial charge is 0.227 e. The Labute approximate surface area is 191 Å². The molecule has 6 nitrogen and oxygen atoms in total. The van der Waals surface area contributed by atoms with E-state index >= 15 is 0 Å². The lowest BCUT2D eigenvalue weighted by Gasteiger charge is -2.32. The van der Waals surface area contributed by atoms with Crippen molar-refractivity contribution < 1.29 is 9.18 Å². The summed E-state index contributed by atoms with van der Waals surface area (Å²) in [7, 11) is 0. The molecule has 1 fully saturated rings. The van der Waals surface area contributed by atoms with E-state index in [9.17, 15) is 9.18 Å². The van der Waals surface area contributed by atoms with Crippen LogP contribution < -0.4 is 5.32 Å². The van der Waals surface area contributed by atoms with Crippen molar-refractivity contribution in [1.29, 1.82) is 0 Å². The number of carbonyl (C=O) groups is 1. The Morgan fingerprint density at radius 2 is 1.88 bits per heavy atom. The van der Waals surface area contributed by atoms with Crippen molar-refractivity contribution in [2.24, 2.45) is 0 Å². The van der Waals surface area contributed by atoms with Gasteiger partial charge in [-0.1, -0.05) is 42.5 Å². The van der Waals surface area contributed by atoms with Crippen LogP contribution >= 0.6 is 0 Å². The standard InChI is InChI=1S/C26H26FN5O/c27-21-10-8-19(9-11-21)16-28-25-22-12-13-23(29-26(22)31-30-25)20-7-4-14-32(17-20)24(33)15-18-5-2-1-3-6-18/h1-3,5-6,8-13,20H,4,7,14-17H2,(H2,28,29,30,31)/t20-/m0/s1. The Kier molecular flexibility index (Phi) is 6.02. The first kappa shape index (κ1) is 21.1. The number of aromatic nitrogens is 3. The number of benzene rings is 2. The minimum absolute atomic E-state index is 0.167. The minimum atomic E-state index is -0.247. The molecule has 33 heavy (non-hydrogen) atoms. The van der Waals surface area contributed by atoms with Crippen LogP contribution in [0.15, 0.2) is 66.7 Å². The first-order valence-corrected chi connectivity index (χ1v) is 11.3.